The highest BCUT2D eigenvalue weighted by Gasteiger charge is 2.06. The van der Waals surface area contributed by atoms with E-state index in [1.807, 2.05) is 61.7 Å². The van der Waals surface area contributed by atoms with Crippen molar-refractivity contribution in [2.45, 2.75) is 13.3 Å². The van der Waals surface area contributed by atoms with Crippen molar-refractivity contribution in [2.75, 3.05) is 11.9 Å². The summed E-state index contributed by atoms with van der Waals surface area (Å²) in [5.74, 6) is 0. The molecule has 1 heterocycles. The number of hydrogen-bond acceptors (Lipinski definition) is 2. The molecule has 0 unspecified atom stereocenters. The number of fused-ring (bicyclic) bond motifs is 1. The number of urea groups is 1. The minimum atomic E-state index is -0.200. The number of amides is 2. The van der Waals surface area contributed by atoms with Crippen LogP contribution in [0.1, 0.15) is 11.3 Å². The highest BCUT2D eigenvalue weighted by molar-refractivity contribution is 9.10. The second-order valence-electron chi connectivity index (χ2n) is 5.61. The third kappa shape index (κ3) is 4.11. The molecule has 3 rings (SSSR count). The maximum Gasteiger partial charge on any atom is 0.319 e. The molecule has 122 valence electrons. The second kappa shape index (κ2) is 7.45. The minimum absolute atomic E-state index is 0.200. The zero-order valence-electron chi connectivity index (χ0n) is 13.3. The van der Waals surface area contributed by atoms with Gasteiger partial charge in [-0.05, 0) is 43.2 Å². The van der Waals surface area contributed by atoms with Gasteiger partial charge in [-0.25, -0.2) is 4.79 Å². The molecule has 1 aromatic heterocycles. The molecule has 5 heteroatoms. The Bertz CT molecular complexity index is 862. The molecule has 0 aliphatic carbocycles. The zero-order chi connectivity index (χ0) is 16.9. The normalized spacial score (nSPS) is 10.6. The number of carbonyl (C=O) groups excluding carboxylic acids is 1. The Labute approximate surface area is 149 Å². The topological polar surface area (TPSA) is 54.0 Å². The maximum absolute atomic E-state index is 12.1. The van der Waals surface area contributed by atoms with E-state index in [1.54, 1.807) is 0 Å². The van der Waals surface area contributed by atoms with Crippen molar-refractivity contribution in [1.29, 1.82) is 0 Å². The number of pyridine rings is 1. The largest absolute Gasteiger partial charge is 0.338 e. The molecule has 0 aliphatic heterocycles. The summed E-state index contributed by atoms with van der Waals surface area (Å²) in [4.78, 5) is 16.4. The third-order valence-corrected chi connectivity index (χ3v) is 4.29. The standard InChI is InChI=1S/C19H18BrN3O/c1-13-11-17-15(12-22-13)3-2-4-18(17)23-19(24)21-10-9-14-5-7-16(20)8-6-14/h2-8,11-12H,9-10H2,1H3,(H2,21,23,24). The lowest BCUT2D eigenvalue weighted by Crippen LogP contribution is -2.30. The van der Waals surface area contributed by atoms with Crippen LogP contribution in [0.3, 0.4) is 0 Å². The van der Waals surface area contributed by atoms with Gasteiger partial charge in [0.15, 0.2) is 0 Å². The van der Waals surface area contributed by atoms with Crippen LogP contribution in [0.15, 0.2) is 59.2 Å². The number of anilines is 1. The first-order chi connectivity index (χ1) is 11.6. The molecule has 3 aromatic rings. The van der Waals surface area contributed by atoms with E-state index < -0.39 is 0 Å². The number of halogens is 1. The Morgan fingerprint density at radius 1 is 1.17 bits per heavy atom. The number of aromatic nitrogens is 1. The Hall–Kier alpha value is -2.40. The van der Waals surface area contributed by atoms with Crippen molar-refractivity contribution in [3.05, 3.63) is 70.5 Å². The van der Waals surface area contributed by atoms with E-state index in [0.717, 1.165) is 33.0 Å². The number of benzene rings is 2. The predicted octanol–water partition coefficient (Wildman–Crippen LogP) is 4.67. The fourth-order valence-electron chi connectivity index (χ4n) is 2.52. The van der Waals surface area contributed by atoms with Gasteiger partial charge in [0.1, 0.15) is 0 Å². The Balaban J connectivity index is 1.61. The van der Waals surface area contributed by atoms with Crippen LogP contribution >= 0.6 is 15.9 Å². The number of hydrogen-bond donors (Lipinski definition) is 2. The Morgan fingerprint density at radius 3 is 2.75 bits per heavy atom. The van der Waals surface area contributed by atoms with Gasteiger partial charge in [-0.2, -0.15) is 0 Å². The highest BCUT2D eigenvalue weighted by atomic mass is 79.9. The van der Waals surface area contributed by atoms with E-state index in [4.69, 9.17) is 0 Å². The summed E-state index contributed by atoms with van der Waals surface area (Å²) in [6.45, 7) is 2.52. The third-order valence-electron chi connectivity index (χ3n) is 3.76. The molecule has 0 spiro atoms. The van der Waals surface area contributed by atoms with E-state index in [-0.39, 0.29) is 6.03 Å². The summed E-state index contributed by atoms with van der Waals surface area (Å²) in [6.07, 6.45) is 2.61. The molecule has 0 fully saturated rings. The summed E-state index contributed by atoms with van der Waals surface area (Å²) >= 11 is 3.41. The number of aryl methyl sites for hydroxylation is 1. The number of carbonyl (C=O) groups is 1. The molecule has 4 nitrogen and oxygen atoms in total. The molecule has 0 saturated carbocycles. The van der Waals surface area contributed by atoms with Crippen molar-refractivity contribution < 1.29 is 4.79 Å². The van der Waals surface area contributed by atoms with Gasteiger partial charge in [-0.3, -0.25) is 4.98 Å². The monoisotopic (exact) mass is 383 g/mol. The lowest BCUT2D eigenvalue weighted by Gasteiger charge is -2.10. The van der Waals surface area contributed by atoms with E-state index in [0.29, 0.717) is 6.54 Å². The molecule has 24 heavy (non-hydrogen) atoms. The molecule has 0 atom stereocenters. The maximum atomic E-state index is 12.1. The summed E-state index contributed by atoms with van der Waals surface area (Å²) in [6, 6.07) is 15.7. The van der Waals surface area contributed by atoms with Crippen LogP contribution < -0.4 is 10.6 Å². The smallest absolute Gasteiger partial charge is 0.319 e. The minimum Gasteiger partial charge on any atom is -0.338 e. The van der Waals surface area contributed by atoms with E-state index in [2.05, 4.69) is 31.5 Å². The van der Waals surface area contributed by atoms with Crippen LogP contribution in [-0.4, -0.2) is 17.6 Å². The number of rotatable bonds is 4. The van der Waals surface area contributed by atoms with Crippen LogP contribution in [0.2, 0.25) is 0 Å². The first-order valence-electron chi connectivity index (χ1n) is 7.76. The molecule has 2 N–H and O–H groups in total. The van der Waals surface area contributed by atoms with E-state index in [1.165, 1.54) is 5.56 Å². The lowest BCUT2D eigenvalue weighted by atomic mass is 10.1. The summed E-state index contributed by atoms with van der Waals surface area (Å²) in [5.41, 5.74) is 2.90. The first kappa shape index (κ1) is 16.5. The average molecular weight is 384 g/mol. The van der Waals surface area contributed by atoms with Crippen molar-refractivity contribution in [2.24, 2.45) is 0 Å². The molecule has 0 radical (unpaired) electrons. The van der Waals surface area contributed by atoms with Crippen LogP contribution in [0.25, 0.3) is 10.8 Å². The van der Waals surface area contributed by atoms with Gasteiger partial charge in [-0.15, -0.1) is 0 Å². The zero-order valence-corrected chi connectivity index (χ0v) is 14.9. The predicted molar refractivity (Wildman–Crippen MR) is 101 cm³/mol. The summed E-state index contributed by atoms with van der Waals surface area (Å²) in [5, 5.41) is 7.82. The van der Waals surface area contributed by atoms with Gasteiger partial charge in [0.25, 0.3) is 0 Å². The molecule has 0 aliphatic rings. The molecular weight excluding hydrogens is 366 g/mol. The lowest BCUT2D eigenvalue weighted by molar-refractivity contribution is 0.252. The molecule has 0 bridgehead atoms. The fraction of sp³-hybridized carbons (Fsp3) is 0.158. The highest BCUT2D eigenvalue weighted by Crippen LogP contribution is 2.23. The molecule has 2 aromatic carbocycles. The second-order valence-corrected chi connectivity index (χ2v) is 6.53. The van der Waals surface area contributed by atoms with Gasteiger partial charge < -0.3 is 10.6 Å². The van der Waals surface area contributed by atoms with Crippen molar-refractivity contribution in [3.63, 3.8) is 0 Å². The van der Waals surface area contributed by atoms with Gasteiger partial charge in [0, 0.05) is 33.7 Å². The van der Waals surface area contributed by atoms with E-state index in [9.17, 15) is 4.79 Å². The SMILES string of the molecule is Cc1cc2c(NC(=O)NCCc3ccc(Br)cc3)cccc2cn1. The van der Waals surface area contributed by atoms with Gasteiger partial charge in [0.2, 0.25) is 0 Å². The van der Waals surface area contributed by atoms with Crippen LogP contribution in [0.4, 0.5) is 10.5 Å². The number of nitrogens with one attached hydrogen (secondary N) is 2. The van der Waals surface area contributed by atoms with Crippen molar-refractivity contribution in [1.82, 2.24) is 10.3 Å². The number of nitrogens with zero attached hydrogens (tertiary/aromatic N) is 1. The van der Waals surface area contributed by atoms with Crippen LogP contribution in [0.5, 0.6) is 0 Å². The molecular formula is C19H18BrN3O. The van der Waals surface area contributed by atoms with Crippen molar-refractivity contribution in [3.8, 4) is 0 Å². The Morgan fingerprint density at radius 2 is 1.96 bits per heavy atom. The molecule has 2 amide bonds. The average Bonchev–Trinajstić information content (AvgIpc) is 2.57. The summed E-state index contributed by atoms with van der Waals surface area (Å²) < 4.78 is 1.05. The summed E-state index contributed by atoms with van der Waals surface area (Å²) in [7, 11) is 0. The quantitative estimate of drug-likeness (QED) is 0.687. The van der Waals surface area contributed by atoms with Gasteiger partial charge in [-0.1, -0.05) is 40.2 Å². The first-order valence-corrected chi connectivity index (χ1v) is 8.56. The van der Waals surface area contributed by atoms with E-state index >= 15 is 0 Å². The molecule has 0 saturated heterocycles. The van der Waals surface area contributed by atoms with Gasteiger partial charge in [0.05, 0.1) is 5.69 Å². The van der Waals surface area contributed by atoms with Crippen LogP contribution in [-0.2, 0) is 6.42 Å². The van der Waals surface area contributed by atoms with Gasteiger partial charge >= 0.3 is 6.03 Å². The fourth-order valence-corrected chi connectivity index (χ4v) is 2.79. The Kier molecular flexibility index (Phi) is 5.11. The van der Waals surface area contributed by atoms with Crippen molar-refractivity contribution >= 4 is 38.4 Å². The van der Waals surface area contributed by atoms with Crippen LogP contribution in [0, 0.1) is 6.92 Å².